The number of aliphatic hydroxyl groups excluding tert-OH is 1. The van der Waals surface area contributed by atoms with E-state index in [9.17, 15) is 5.11 Å². The van der Waals surface area contributed by atoms with E-state index in [-0.39, 0.29) is 5.41 Å². The van der Waals surface area contributed by atoms with E-state index in [1.54, 1.807) is 0 Å². The van der Waals surface area contributed by atoms with Crippen LogP contribution in [0.1, 0.15) is 64.7 Å². The molecule has 0 aromatic rings. The van der Waals surface area contributed by atoms with E-state index >= 15 is 0 Å². The van der Waals surface area contributed by atoms with E-state index in [4.69, 9.17) is 9.47 Å². The van der Waals surface area contributed by atoms with Crippen molar-refractivity contribution in [1.82, 2.24) is 0 Å². The average molecular weight is 349 g/mol. The standard InChI is InChI=1S/C22H36O3/c1-21-8-3-2-4-16(21)12-15(13-23)20-17(21)7-9-22-14-24-10-11-25-19(22)6-5-18(20)22/h15-20,23H,2-14H2,1H3/t15-,16?,17+,18+,19?,20-,21+,22-/m1/s1. The van der Waals surface area contributed by atoms with Gasteiger partial charge < -0.3 is 14.6 Å². The fourth-order valence-corrected chi connectivity index (χ4v) is 8.45. The van der Waals surface area contributed by atoms with Crippen LogP contribution in [0.3, 0.4) is 0 Å². The molecule has 1 saturated heterocycles. The van der Waals surface area contributed by atoms with Gasteiger partial charge in [0.05, 0.1) is 25.9 Å². The molecule has 8 atom stereocenters. The van der Waals surface area contributed by atoms with Gasteiger partial charge in [0, 0.05) is 12.0 Å². The van der Waals surface area contributed by atoms with Crippen molar-refractivity contribution in [2.75, 3.05) is 26.4 Å². The molecular weight excluding hydrogens is 312 g/mol. The monoisotopic (exact) mass is 348 g/mol. The molecule has 1 heterocycles. The summed E-state index contributed by atoms with van der Waals surface area (Å²) in [5, 5.41) is 10.3. The van der Waals surface area contributed by atoms with Gasteiger partial charge in [0.15, 0.2) is 0 Å². The second kappa shape index (κ2) is 6.21. The first-order valence-electron chi connectivity index (χ1n) is 11.0. The molecule has 0 bridgehead atoms. The maximum atomic E-state index is 10.3. The summed E-state index contributed by atoms with van der Waals surface area (Å²) in [5.74, 6) is 3.61. The summed E-state index contributed by atoms with van der Waals surface area (Å²) in [6.45, 7) is 5.46. The Kier molecular flexibility index (Phi) is 4.22. The Morgan fingerprint density at radius 2 is 1.92 bits per heavy atom. The smallest absolute Gasteiger partial charge is 0.0704 e. The van der Waals surface area contributed by atoms with Gasteiger partial charge in [-0.2, -0.15) is 0 Å². The van der Waals surface area contributed by atoms with Crippen molar-refractivity contribution in [1.29, 1.82) is 0 Å². The molecule has 0 aromatic carbocycles. The van der Waals surface area contributed by atoms with Gasteiger partial charge in [-0.05, 0) is 80.0 Å². The van der Waals surface area contributed by atoms with Gasteiger partial charge in [-0.15, -0.1) is 0 Å². The van der Waals surface area contributed by atoms with Crippen molar-refractivity contribution in [2.45, 2.75) is 70.8 Å². The number of hydrogen-bond donors (Lipinski definition) is 1. The molecule has 5 rings (SSSR count). The minimum atomic E-state index is 0.253. The summed E-state index contributed by atoms with van der Waals surface area (Å²) < 4.78 is 12.3. The normalized spacial score (nSPS) is 55.4. The number of aliphatic hydroxyl groups is 1. The largest absolute Gasteiger partial charge is 0.396 e. The molecule has 25 heavy (non-hydrogen) atoms. The molecule has 3 nitrogen and oxygen atoms in total. The Morgan fingerprint density at radius 3 is 2.80 bits per heavy atom. The Bertz CT molecular complexity index is 508. The van der Waals surface area contributed by atoms with Crippen molar-refractivity contribution in [3.8, 4) is 0 Å². The maximum Gasteiger partial charge on any atom is 0.0704 e. The molecule has 2 unspecified atom stereocenters. The topological polar surface area (TPSA) is 38.7 Å². The summed E-state index contributed by atoms with van der Waals surface area (Å²) in [7, 11) is 0. The van der Waals surface area contributed by atoms with Gasteiger partial charge in [0.25, 0.3) is 0 Å². The maximum absolute atomic E-state index is 10.3. The van der Waals surface area contributed by atoms with E-state index in [1.807, 2.05) is 0 Å². The van der Waals surface area contributed by atoms with Crippen LogP contribution in [0.15, 0.2) is 0 Å². The molecule has 142 valence electrons. The summed E-state index contributed by atoms with van der Waals surface area (Å²) in [5.41, 5.74) is 0.781. The lowest BCUT2D eigenvalue weighted by molar-refractivity contribution is -0.166. The van der Waals surface area contributed by atoms with Crippen LogP contribution in [0.25, 0.3) is 0 Å². The lowest BCUT2D eigenvalue weighted by atomic mass is 9.43. The molecule has 0 amide bonds. The van der Waals surface area contributed by atoms with Crippen LogP contribution in [0.2, 0.25) is 0 Å². The minimum absolute atomic E-state index is 0.253. The molecule has 5 aliphatic rings. The molecule has 4 saturated carbocycles. The lowest BCUT2D eigenvalue weighted by Crippen LogP contribution is -2.58. The SMILES string of the molecule is C[C@]12CCCCC1C[C@H](CO)[C@H]1[C@@H]3CCC4OCCOC[C@@]43CC[C@@H]12. The van der Waals surface area contributed by atoms with Gasteiger partial charge in [-0.25, -0.2) is 0 Å². The van der Waals surface area contributed by atoms with Crippen molar-refractivity contribution in [2.24, 2.45) is 40.4 Å². The zero-order chi connectivity index (χ0) is 17.1. The highest BCUT2D eigenvalue weighted by Gasteiger charge is 2.64. The van der Waals surface area contributed by atoms with Crippen LogP contribution in [-0.4, -0.2) is 37.6 Å². The minimum Gasteiger partial charge on any atom is -0.396 e. The lowest BCUT2D eigenvalue weighted by Gasteiger charge is -2.62. The first-order valence-corrected chi connectivity index (χ1v) is 11.0. The van der Waals surface area contributed by atoms with Crippen molar-refractivity contribution in [3.05, 3.63) is 0 Å². The highest BCUT2D eigenvalue weighted by Crippen LogP contribution is 2.68. The zero-order valence-electron chi connectivity index (χ0n) is 15.9. The molecule has 1 N–H and O–H groups in total. The number of hydrogen-bond acceptors (Lipinski definition) is 3. The molecule has 0 radical (unpaired) electrons. The van der Waals surface area contributed by atoms with E-state index in [0.717, 1.165) is 31.7 Å². The van der Waals surface area contributed by atoms with Crippen LogP contribution in [0.5, 0.6) is 0 Å². The third kappa shape index (κ3) is 2.34. The van der Waals surface area contributed by atoms with Crippen LogP contribution < -0.4 is 0 Å². The Balaban J connectivity index is 1.51. The molecule has 3 heteroatoms. The van der Waals surface area contributed by atoms with Gasteiger partial charge >= 0.3 is 0 Å². The fourth-order valence-electron chi connectivity index (χ4n) is 8.45. The van der Waals surface area contributed by atoms with Crippen LogP contribution in [0, 0.1) is 40.4 Å². The Hall–Kier alpha value is -0.120. The predicted molar refractivity (Wildman–Crippen MR) is 97.2 cm³/mol. The van der Waals surface area contributed by atoms with Crippen molar-refractivity contribution < 1.29 is 14.6 Å². The predicted octanol–water partition coefficient (Wildman–Crippen LogP) is 4.03. The quantitative estimate of drug-likeness (QED) is 0.777. The van der Waals surface area contributed by atoms with Gasteiger partial charge in [0.1, 0.15) is 0 Å². The second-order valence-corrected chi connectivity index (χ2v) is 10.2. The highest BCUT2D eigenvalue weighted by atomic mass is 16.5. The van der Waals surface area contributed by atoms with Crippen LogP contribution >= 0.6 is 0 Å². The molecule has 4 aliphatic carbocycles. The van der Waals surface area contributed by atoms with Gasteiger partial charge in [-0.3, -0.25) is 0 Å². The Morgan fingerprint density at radius 1 is 1.00 bits per heavy atom. The summed E-state index contributed by atoms with van der Waals surface area (Å²) in [6, 6.07) is 0. The number of ether oxygens (including phenoxy) is 2. The average Bonchev–Trinajstić information content (AvgIpc) is 2.87. The van der Waals surface area contributed by atoms with Crippen molar-refractivity contribution >= 4 is 0 Å². The van der Waals surface area contributed by atoms with E-state index in [2.05, 4.69) is 6.92 Å². The second-order valence-electron chi connectivity index (χ2n) is 10.2. The third-order valence-electron chi connectivity index (χ3n) is 9.55. The summed E-state index contributed by atoms with van der Waals surface area (Å²) in [4.78, 5) is 0. The summed E-state index contributed by atoms with van der Waals surface area (Å²) in [6.07, 6.45) is 12.5. The first-order chi connectivity index (χ1) is 12.2. The number of fused-ring (bicyclic) bond motifs is 4. The molecule has 1 aliphatic heterocycles. The molecular formula is C22H36O3. The molecule has 1 spiro atoms. The number of rotatable bonds is 1. The van der Waals surface area contributed by atoms with E-state index < -0.39 is 0 Å². The Labute approximate surface area is 152 Å². The zero-order valence-corrected chi connectivity index (χ0v) is 15.9. The molecule has 0 aromatic heterocycles. The summed E-state index contributed by atoms with van der Waals surface area (Å²) >= 11 is 0. The van der Waals surface area contributed by atoms with Crippen molar-refractivity contribution in [3.63, 3.8) is 0 Å². The highest BCUT2D eigenvalue weighted by molar-refractivity contribution is 5.12. The van der Waals surface area contributed by atoms with Gasteiger partial charge in [-0.1, -0.05) is 19.8 Å². The van der Waals surface area contributed by atoms with E-state index in [1.165, 1.54) is 57.8 Å². The molecule has 5 fully saturated rings. The van der Waals surface area contributed by atoms with Gasteiger partial charge in [0.2, 0.25) is 0 Å². The third-order valence-corrected chi connectivity index (χ3v) is 9.55. The fraction of sp³-hybridized carbons (Fsp3) is 1.00. The van der Waals surface area contributed by atoms with Crippen LogP contribution in [-0.2, 0) is 9.47 Å². The first kappa shape index (κ1) is 17.0. The van der Waals surface area contributed by atoms with Crippen LogP contribution in [0.4, 0.5) is 0 Å². The van der Waals surface area contributed by atoms with E-state index in [0.29, 0.717) is 35.9 Å².